The first kappa shape index (κ1) is 13.8. The highest BCUT2D eigenvalue weighted by atomic mass is 32.1. The van der Waals surface area contributed by atoms with Crippen LogP contribution in [-0.4, -0.2) is 31.2 Å². The van der Waals surface area contributed by atoms with Gasteiger partial charge < -0.3 is 4.74 Å². The molecule has 0 unspecified atom stereocenters. The van der Waals surface area contributed by atoms with E-state index in [2.05, 4.69) is 48.4 Å². The van der Waals surface area contributed by atoms with Gasteiger partial charge in [-0.05, 0) is 35.9 Å². The molecule has 0 bridgehead atoms. The van der Waals surface area contributed by atoms with Gasteiger partial charge in [0.1, 0.15) is 0 Å². The number of morpholine rings is 1. The van der Waals surface area contributed by atoms with Crippen molar-refractivity contribution in [3.8, 4) is 11.1 Å². The molecule has 1 aliphatic rings. The summed E-state index contributed by atoms with van der Waals surface area (Å²) in [7, 11) is 0. The SMILES string of the molecule is Cc1ccc(-c2c(CN3CCOCC3)csc2C)cc1. The quantitative estimate of drug-likeness (QED) is 0.850. The van der Waals surface area contributed by atoms with Crippen LogP contribution >= 0.6 is 11.3 Å². The van der Waals surface area contributed by atoms with Gasteiger partial charge in [-0.25, -0.2) is 0 Å². The molecule has 1 aliphatic heterocycles. The third kappa shape index (κ3) is 2.95. The van der Waals surface area contributed by atoms with Crippen LogP contribution in [0.1, 0.15) is 16.0 Å². The standard InChI is InChI=1S/C17H21NOS/c1-13-3-5-15(6-4-13)17-14(2)20-12-16(17)11-18-7-9-19-10-8-18/h3-6,12H,7-11H2,1-2H3. The molecule has 2 aromatic rings. The summed E-state index contributed by atoms with van der Waals surface area (Å²) < 4.78 is 5.43. The molecule has 0 N–H and O–H groups in total. The molecule has 0 radical (unpaired) electrons. The van der Waals surface area contributed by atoms with Gasteiger partial charge >= 0.3 is 0 Å². The minimum absolute atomic E-state index is 0.864. The molecule has 3 heteroatoms. The van der Waals surface area contributed by atoms with Gasteiger partial charge in [-0.1, -0.05) is 29.8 Å². The smallest absolute Gasteiger partial charge is 0.0594 e. The van der Waals surface area contributed by atoms with Crippen molar-refractivity contribution in [1.29, 1.82) is 0 Å². The van der Waals surface area contributed by atoms with Crippen molar-refractivity contribution in [2.45, 2.75) is 20.4 Å². The highest BCUT2D eigenvalue weighted by Crippen LogP contribution is 2.33. The second-order valence-electron chi connectivity index (χ2n) is 5.45. The first-order valence-corrected chi connectivity index (χ1v) is 8.06. The fraction of sp³-hybridized carbons (Fsp3) is 0.412. The zero-order valence-electron chi connectivity index (χ0n) is 12.2. The van der Waals surface area contributed by atoms with Gasteiger partial charge in [-0.3, -0.25) is 4.90 Å². The van der Waals surface area contributed by atoms with Crippen LogP contribution in [0.15, 0.2) is 29.6 Å². The van der Waals surface area contributed by atoms with E-state index in [4.69, 9.17) is 4.74 Å². The lowest BCUT2D eigenvalue weighted by molar-refractivity contribution is 0.0343. The van der Waals surface area contributed by atoms with Gasteiger partial charge in [0.15, 0.2) is 0 Å². The van der Waals surface area contributed by atoms with Crippen molar-refractivity contribution in [3.05, 3.63) is 45.6 Å². The van der Waals surface area contributed by atoms with E-state index in [1.165, 1.54) is 27.1 Å². The fourth-order valence-electron chi connectivity index (χ4n) is 2.73. The number of aryl methyl sites for hydroxylation is 2. The molecule has 0 spiro atoms. The number of hydrogen-bond donors (Lipinski definition) is 0. The molecule has 20 heavy (non-hydrogen) atoms. The van der Waals surface area contributed by atoms with E-state index in [9.17, 15) is 0 Å². The maximum absolute atomic E-state index is 5.43. The monoisotopic (exact) mass is 287 g/mol. The third-order valence-electron chi connectivity index (χ3n) is 3.89. The average molecular weight is 287 g/mol. The van der Waals surface area contributed by atoms with E-state index in [1.807, 2.05) is 11.3 Å². The Morgan fingerprint density at radius 2 is 1.80 bits per heavy atom. The van der Waals surface area contributed by atoms with E-state index >= 15 is 0 Å². The van der Waals surface area contributed by atoms with Crippen molar-refractivity contribution < 1.29 is 4.74 Å². The van der Waals surface area contributed by atoms with Crippen LogP contribution < -0.4 is 0 Å². The van der Waals surface area contributed by atoms with Crippen molar-refractivity contribution >= 4 is 11.3 Å². The van der Waals surface area contributed by atoms with Crippen molar-refractivity contribution in [2.75, 3.05) is 26.3 Å². The number of benzene rings is 1. The summed E-state index contributed by atoms with van der Waals surface area (Å²) in [5.41, 5.74) is 5.55. The van der Waals surface area contributed by atoms with Gasteiger partial charge in [0.05, 0.1) is 13.2 Å². The molecule has 3 rings (SSSR count). The Morgan fingerprint density at radius 3 is 2.50 bits per heavy atom. The predicted molar refractivity (Wildman–Crippen MR) is 85.3 cm³/mol. The number of ether oxygens (including phenoxy) is 1. The molecule has 106 valence electrons. The molecular formula is C17H21NOS. The average Bonchev–Trinajstić information content (AvgIpc) is 2.82. The van der Waals surface area contributed by atoms with Crippen LogP contribution in [0.5, 0.6) is 0 Å². The Morgan fingerprint density at radius 1 is 1.10 bits per heavy atom. The third-order valence-corrected chi connectivity index (χ3v) is 4.85. The van der Waals surface area contributed by atoms with Gasteiger partial charge in [-0.2, -0.15) is 0 Å². The topological polar surface area (TPSA) is 12.5 Å². The maximum Gasteiger partial charge on any atom is 0.0594 e. The first-order valence-electron chi connectivity index (χ1n) is 7.18. The van der Waals surface area contributed by atoms with Gasteiger partial charge in [0, 0.05) is 24.5 Å². The molecular weight excluding hydrogens is 266 g/mol. The Balaban J connectivity index is 1.86. The van der Waals surface area contributed by atoms with Gasteiger partial charge in [-0.15, -0.1) is 11.3 Å². The number of hydrogen-bond acceptors (Lipinski definition) is 3. The van der Waals surface area contributed by atoms with Crippen LogP contribution in [0.4, 0.5) is 0 Å². The van der Waals surface area contributed by atoms with Crippen molar-refractivity contribution in [2.24, 2.45) is 0 Å². The lowest BCUT2D eigenvalue weighted by Gasteiger charge is -2.26. The molecule has 0 aliphatic carbocycles. The molecule has 0 saturated carbocycles. The number of thiophene rings is 1. The Bertz CT molecular complexity index is 567. The molecule has 2 heterocycles. The summed E-state index contributed by atoms with van der Waals surface area (Å²) in [5.74, 6) is 0. The number of nitrogens with zero attached hydrogens (tertiary/aromatic N) is 1. The fourth-order valence-corrected chi connectivity index (χ4v) is 3.61. The van der Waals surface area contributed by atoms with Gasteiger partial charge in [0.25, 0.3) is 0 Å². The van der Waals surface area contributed by atoms with Crippen molar-refractivity contribution in [3.63, 3.8) is 0 Å². The summed E-state index contributed by atoms with van der Waals surface area (Å²) in [6.45, 7) is 9.22. The van der Waals surface area contributed by atoms with E-state index in [0.717, 1.165) is 32.8 Å². The number of rotatable bonds is 3. The molecule has 1 fully saturated rings. The molecule has 2 nitrogen and oxygen atoms in total. The second-order valence-corrected chi connectivity index (χ2v) is 6.53. The Hall–Kier alpha value is -1.16. The maximum atomic E-state index is 5.43. The zero-order chi connectivity index (χ0) is 13.9. The lowest BCUT2D eigenvalue weighted by Crippen LogP contribution is -2.35. The highest BCUT2D eigenvalue weighted by Gasteiger charge is 2.16. The molecule has 0 atom stereocenters. The minimum atomic E-state index is 0.864. The van der Waals surface area contributed by atoms with Crippen LogP contribution in [-0.2, 0) is 11.3 Å². The predicted octanol–water partition coefficient (Wildman–Crippen LogP) is 3.86. The van der Waals surface area contributed by atoms with Crippen LogP contribution in [0.3, 0.4) is 0 Å². The molecule has 1 saturated heterocycles. The minimum Gasteiger partial charge on any atom is -0.379 e. The van der Waals surface area contributed by atoms with Crippen LogP contribution in [0.2, 0.25) is 0 Å². The Labute approximate surface area is 125 Å². The van der Waals surface area contributed by atoms with E-state index in [-0.39, 0.29) is 0 Å². The largest absolute Gasteiger partial charge is 0.379 e. The lowest BCUT2D eigenvalue weighted by atomic mass is 10.0. The van der Waals surface area contributed by atoms with E-state index in [1.54, 1.807) is 0 Å². The summed E-state index contributed by atoms with van der Waals surface area (Å²) in [6.07, 6.45) is 0. The van der Waals surface area contributed by atoms with Gasteiger partial charge in [0.2, 0.25) is 0 Å². The normalized spacial score (nSPS) is 16.5. The highest BCUT2D eigenvalue weighted by molar-refractivity contribution is 7.10. The Kier molecular flexibility index (Phi) is 4.20. The van der Waals surface area contributed by atoms with E-state index in [0.29, 0.717) is 0 Å². The van der Waals surface area contributed by atoms with Crippen LogP contribution in [0.25, 0.3) is 11.1 Å². The summed E-state index contributed by atoms with van der Waals surface area (Å²) in [6, 6.07) is 8.89. The van der Waals surface area contributed by atoms with Crippen LogP contribution in [0, 0.1) is 13.8 Å². The molecule has 0 amide bonds. The molecule has 1 aromatic carbocycles. The second kappa shape index (κ2) is 6.08. The summed E-state index contributed by atoms with van der Waals surface area (Å²) in [5, 5.41) is 2.32. The first-order chi connectivity index (χ1) is 9.74. The zero-order valence-corrected chi connectivity index (χ0v) is 13.0. The van der Waals surface area contributed by atoms with E-state index < -0.39 is 0 Å². The van der Waals surface area contributed by atoms with Crippen molar-refractivity contribution in [1.82, 2.24) is 4.90 Å². The summed E-state index contributed by atoms with van der Waals surface area (Å²) in [4.78, 5) is 3.90. The molecule has 1 aromatic heterocycles. The summed E-state index contributed by atoms with van der Waals surface area (Å²) >= 11 is 1.86.